The van der Waals surface area contributed by atoms with Crippen LogP contribution in [0.25, 0.3) is 0 Å². The lowest BCUT2D eigenvalue weighted by molar-refractivity contribution is 0.295. The fourth-order valence-electron chi connectivity index (χ4n) is 2.00. The van der Waals surface area contributed by atoms with Gasteiger partial charge in [-0.15, -0.1) is 0 Å². The molecule has 1 aromatic carbocycles. The zero-order chi connectivity index (χ0) is 15.1. The minimum absolute atomic E-state index is 0.629. The number of hydrogen-bond donors (Lipinski definition) is 1. The van der Waals surface area contributed by atoms with Crippen LogP contribution in [0.4, 0.5) is 0 Å². The molecule has 1 aromatic heterocycles. The van der Waals surface area contributed by atoms with Gasteiger partial charge in [0.05, 0.1) is 13.1 Å². The lowest BCUT2D eigenvalue weighted by Gasteiger charge is -2.11. The Morgan fingerprint density at radius 1 is 1.38 bits per heavy atom. The Morgan fingerprint density at radius 3 is 3.00 bits per heavy atom. The average Bonchev–Trinajstić information content (AvgIpc) is 2.86. The molecular weight excluding hydrogens is 330 g/mol. The summed E-state index contributed by atoms with van der Waals surface area (Å²) in [5.74, 6) is 2.57. The van der Waals surface area contributed by atoms with E-state index in [1.807, 2.05) is 36.7 Å². The van der Waals surface area contributed by atoms with Crippen molar-refractivity contribution in [1.29, 1.82) is 0 Å². The third-order valence-corrected chi connectivity index (χ3v) is 3.53. The van der Waals surface area contributed by atoms with Crippen LogP contribution >= 0.6 is 15.9 Å². The van der Waals surface area contributed by atoms with Gasteiger partial charge in [-0.2, -0.15) is 0 Å². The van der Waals surface area contributed by atoms with E-state index in [0.717, 1.165) is 35.7 Å². The Bertz CT molecular complexity index is 554. The van der Waals surface area contributed by atoms with Crippen molar-refractivity contribution in [2.24, 2.45) is 5.92 Å². The maximum Gasteiger partial charge on any atom is 0.122 e. The molecule has 5 heteroatoms. The smallest absolute Gasteiger partial charge is 0.122 e. The van der Waals surface area contributed by atoms with E-state index in [9.17, 15) is 0 Å². The van der Waals surface area contributed by atoms with Crippen molar-refractivity contribution in [1.82, 2.24) is 14.9 Å². The molecule has 0 amide bonds. The molecule has 0 saturated carbocycles. The number of halogens is 1. The van der Waals surface area contributed by atoms with E-state index in [1.54, 1.807) is 0 Å². The Labute approximate surface area is 134 Å². The van der Waals surface area contributed by atoms with Crippen molar-refractivity contribution in [3.63, 3.8) is 0 Å². The molecule has 114 valence electrons. The first-order valence-corrected chi connectivity index (χ1v) is 8.03. The quantitative estimate of drug-likeness (QED) is 0.791. The summed E-state index contributed by atoms with van der Waals surface area (Å²) < 4.78 is 8.92. The molecule has 0 aliphatic rings. The molecule has 1 heterocycles. The number of nitrogens with zero attached hydrogens (tertiary/aromatic N) is 2. The molecule has 0 atom stereocenters. The van der Waals surface area contributed by atoms with Gasteiger partial charge in [-0.25, -0.2) is 4.98 Å². The highest BCUT2D eigenvalue weighted by Gasteiger charge is 2.03. The molecule has 0 fully saturated rings. The third-order valence-electron chi connectivity index (χ3n) is 3.03. The van der Waals surface area contributed by atoms with E-state index in [1.165, 1.54) is 0 Å². The summed E-state index contributed by atoms with van der Waals surface area (Å²) >= 11 is 3.44. The standard InChI is InChI=1S/C16H22BrN3O/c1-13(2)11-18-12-16-19-6-7-20(16)8-9-21-15-5-3-4-14(17)10-15/h3-7,10,13,18H,8-9,11-12H2,1-2H3. The van der Waals surface area contributed by atoms with Crippen molar-refractivity contribution in [2.75, 3.05) is 13.2 Å². The Hall–Kier alpha value is -1.33. The van der Waals surface area contributed by atoms with Crippen LogP contribution in [0.1, 0.15) is 19.7 Å². The zero-order valence-corrected chi connectivity index (χ0v) is 14.1. The summed E-state index contributed by atoms with van der Waals surface area (Å²) in [6.07, 6.45) is 3.84. The van der Waals surface area contributed by atoms with Crippen LogP contribution < -0.4 is 10.1 Å². The van der Waals surface area contributed by atoms with Crippen LogP contribution in [-0.4, -0.2) is 22.7 Å². The fraction of sp³-hybridized carbons (Fsp3) is 0.438. The molecule has 0 aliphatic heterocycles. The maximum absolute atomic E-state index is 5.76. The lowest BCUT2D eigenvalue weighted by Crippen LogP contribution is -2.22. The van der Waals surface area contributed by atoms with Crippen LogP contribution in [0.15, 0.2) is 41.1 Å². The second-order valence-corrected chi connectivity index (χ2v) is 6.28. The molecule has 0 spiro atoms. The average molecular weight is 352 g/mol. The van der Waals surface area contributed by atoms with Crippen LogP contribution in [0, 0.1) is 5.92 Å². The minimum Gasteiger partial charge on any atom is -0.492 e. The van der Waals surface area contributed by atoms with E-state index >= 15 is 0 Å². The predicted octanol–water partition coefficient (Wildman–Crippen LogP) is 3.47. The van der Waals surface area contributed by atoms with Crippen LogP contribution in [-0.2, 0) is 13.1 Å². The van der Waals surface area contributed by atoms with E-state index in [4.69, 9.17) is 4.74 Å². The van der Waals surface area contributed by atoms with E-state index in [2.05, 4.69) is 44.6 Å². The molecule has 21 heavy (non-hydrogen) atoms. The van der Waals surface area contributed by atoms with Crippen LogP contribution in [0.5, 0.6) is 5.75 Å². The number of hydrogen-bond acceptors (Lipinski definition) is 3. The molecular formula is C16H22BrN3O. The van der Waals surface area contributed by atoms with Gasteiger partial charge in [0.1, 0.15) is 18.2 Å². The summed E-state index contributed by atoms with van der Waals surface area (Å²) in [4.78, 5) is 4.39. The first-order chi connectivity index (χ1) is 10.1. The highest BCUT2D eigenvalue weighted by Crippen LogP contribution is 2.17. The largest absolute Gasteiger partial charge is 0.492 e. The van der Waals surface area contributed by atoms with Gasteiger partial charge in [-0.1, -0.05) is 35.8 Å². The Balaban J connectivity index is 1.79. The molecule has 0 radical (unpaired) electrons. The highest BCUT2D eigenvalue weighted by atomic mass is 79.9. The van der Waals surface area contributed by atoms with Crippen molar-refractivity contribution in [3.8, 4) is 5.75 Å². The van der Waals surface area contributed by atoms with Gasteiger partial charge in [0.25, 0.3) is 0 Å². The summed E-state index contributed by atoms with van der Waals surface area (Å²) in [5.41, 5.74) is 0. The van der Waals surface area contributed by atoms with Gasteiger partial charge in [-0.05, 0) is 30.7 Å². The summed E-state index contributed by atoms with van der Waals surface area (Å²) in [5, 5.41) is 3.41. The summed E-state index contributed by atoms with van der Waals surface area (Å²) in [6, 6.07) is 7.89. The number of ether oxygens (including phenoxy) is 1. The number of aromatic nitrogens is 2. The van der Waals surface area contributed by atoms with Crippen molar-refractivity contribution >= 4 is 15.9 Å². The van der Waals surface area contributed by atoms with Crippen LogP contribution in [0.2, 0.25) is 0 Å². The molecule has 2 aromatic rings. The maximum atomic E-state index is 5.76. The second-order valence-electron chi connectivity index (χ2n) is 5.37. The Morgan fingerprint density at radius 2 is 2.24 bits per heavy atom. The SMILES string of the molecule is CC(C)CNCc1nccn1CCOc1cccc(Br)c1. The van der Waals surface area contributed by atoms with Gasteiger partial charge in [0.15, 0.2) is 0 Å². The van der Waals surface area contributed by atoms with Gasteiger partial charge in [-0.3, -0.25) is 0 Å². The zero-order valence-electron chi connectivity index (χ0n) is 12.6. The molecule has 2 rings (SSSR count). The monoisotopic (exact) mass is 351 g/mol. The minimum atomic E-state index is 0.629. The van der Waals surface area contributed by atoms with Crippen molar-refractivity contribution in [3.05, 3.63) is 47.0 Å². The fourth-order valence-corrected chi connectivity index (χ4v) is 2.38. The molecule has 0 saturated heterocycles. The topological polar surface area (TPSA) is 39.1 Å². The lowest BCUT2D eigenvalue weighted by atomic mass is 10.2. The highest BCUT2D eigenvalue weighted by molar-refractivity contribution is 9.10. The molecule has 0 aliphatic carbocycles. The summed E-state index contributed by atoms with van der Waals surface area (Å²) in [7, 11) is 0. The normalized spacial score (nSPS) is 11.0. The summed E-state index contributed by atoms with van der Waals surface area (Å²) in [6.45, 7) is 7.62. The molecule has 0 bridgehead atoms. The molecule has 4 nitrogen and oxygen atoms in total. The van der Waals surface area contributed by atoms with Gasteiger partial charge >= 0.3 is 0 Å². The van der Waals surface area contributed by atoms with E-state index in [-0.39, 0.29) is 0 Å². The molecule has 0 unspecified atom stereocenters. The number of rotatable bonds is 8. The van der Waals surface area contributed by atoms with Gasteiger partial charge in [0, 0.05) is 16.9 Å². The number of nitrogens with one attached hydrogen (secondary N) is 1. The van der Waals surface area contributed by atoms with Crippen LogP contribution in [0.3, 0.4) is 0 Å². The number of imidazole rings is 1. The third kappa shape index (κ3) is 5.52. The van der Waals surface area contributed by atoms with Crippen molar-refractivity contribution < 1.29 is 4.74 Å². The first kappa shape index (κ1) is 16.0. The molecule has 1 N–H and O–H groups in total. The van der Waals surface area contributed by atoms with Gasteiger partial charge < -0.3 is 14.6 Å². The van der Waals surface area contributed by atoms with Gasteiger partial charge in [0.2, 0.25) is 0 Å². The second kappa shape index (κ2) is 8.20. The van der Waals surface area contributed by atoms with E-state index in [0.29, 0.717) is 12.5 Å². The number of benzene rings is 1. The van der Waals surface area contributed by atoms with E-state index < -0.39 is 0 Å². The predicted molar refractivity (Wildman–Crippen MR) is 88.4 cm³/mol. The Kier molecular flexibility index (Phi) is 6.26. The van der Waals surface area contributed by atoms with Crippen molar-refractivity contribution in [2.45, 2.75) is 26.9 Å². The first-order valence-electron chi connectivity index (χ1n) is 7.24.